The number of nitrogens with zero attached hydrogens (tertiary/aromatic N) is 2. The minimum Gasteiger partial charge on any atom is -0.381 e. The van der Waals surface area contributed by atoms with Crippen molar-refractivity contribution in [1.82, 2.24) is 20.5 Å². The van der Waals surface area contributed by atoms with Gasteiger partial charge >= 0.3 is 0 Å². The van der Waals surface area contributed by atoms with Gasteiger partial charge in [-0.05, 0) is 82.7 Å². The van der Waals surface area contributed by atoms with Crippen LogP contribution in [0.5, 0.6) is 0 Å². The number of rotatable bonds is 8. The highest BCUT2D eigenvalue weighted by Crippen LogP contribution is 2.30. The van der Waals surface area contributed by atoms with Crippen molar-refractivity contribution in [1.29, 1.82) is 0 Å². The zero-order valence-corrected chi connectivity index (χ0v) is 26.5. The summed E-state index contributed by atoms with van der Waals surface area (Å²) < 4.78 is 5.64. The van der Waals surface area contributed by atoms with Crippen molar-refractivity contribution < 1.29 is 9.53 Å². The van der Waals surface area contributed by atoms with Gasteiger partial charge in [0.2, 0.25) is 0 Å². The van der Waals surface area contributed by atoms with Gasteiger partial charge in [-0.2, -0.15) is 0 Å². The first kappa shape index (κ1) is 31.8. The summed E-state index contributed by atoms with van der Waals surface area (Å²) >= 11 is 0. The van der Waals surface area contributed by atoms with Crippen LogP contribution in [-0.2, 0) is 11.3 Å². The number of benzene rings is 1. The van der Waals surface area contributed by atoms with E-state index < -0.39 is 0 Å². The second kappa shape index (κ2) is 14.4. The van der Waals surface area contributed by atoms with E-state index in [9.17, 15) is 9.59 Å². The highest BCUT2D eigenvalue weighted by molar-refractivity contribution is 5.97. The molecule has 0 spiro atoms. The van der Waals surface area contributed by atoms with Crippen LogP contribution in [0.4, 0.5) is 5.69 Å². The van der Waals surface area contributed by atoms with Crippen molar-refractivity contribution in [2.45, 2.75) is 91.9 Å². The molecule has 2 atom stereocenters. The molecule has 0 unspecified atom stereocenters. The summed E-state index contributed by atoms with van der Waals surface area (Å²) in [5.74, 6) is 6.74. The number of ether oxygens (including phenoxy) is 1. The second-order valence-electron chi connectivity index (χ2n) is 12.3. The topological polar surface area (TPSA) is 89.7 Å². The lowest BCUT2D eigenvalue weighted by molar-refractivity contribution is 0.0845. The van der Waals surface area contributed by atoms with Gasteiger partial charge in [-0.15, -0.1) is 0 Å². The van der Waals surface area contributed by atoms with E-state index in [1.54, 1.807) is 0 Å². The summed E-state index contributed by atoms with van der Waals surface area (Å²) in [6.45, 7) is 19.7. The van der Waals surface area contributed by atoms with Gasteiger partial charge in [-0.25, -0.2) is 0 Å². The Bertz CT molecular complexity index is 1360. The third-order valence-corrected chi connectivity index (χ3v) is 8.43. The molecule has 2 aromatic rings. The first-order chi connectivity index (χ1) is 20.1. The fraction of sp³-hybridized carbons (Fsp3) is 0.588. The number of carbonyl (C=O) groups excluding carboxylic acids is 1. The Morgan fingerprint density at radius 2 is 1.83 bits per heavy atom. The Morgan fingerprint density at radius 1 is 1.14 bits per heavy atom. The molecule has 2 aliphatic heterocycles. The predicted octanol–water partition coefficient (Wildman–Crippen LogP) is 4.08. The average Bonchev–Trinajstić information content (AvgIpc) is 2.94. The Morgan fingerprint density at radius 3 is 2.48 bits per heavy atom. The predicted molar refractivity (Wildman–Crippen MR) is 170 cm³/mol. The third kappa shape index (κ3) is 7.83. The number of hydrogen-bond acceptors (Lipinski definition) is 6. The minimum absolute atomic E-state index is 0.149. The lowest BCUT2D eigenvalue weighted by atomic mass is 9.97. The molecule has 42 heavy (non-hydrogen) atoms. The number of nitrogens with one attached hydrogen (secondary N) is 3. The molecule has 1 amide bonds. The molecule has 3 heterocycles. The lowest BCUT2D eigenvalue weighted by Gasteiger charge is -2.36. The van der Waals surface area contributed by atoms with Crippen LogP contribution < -0.4 is 21.1 Å². The lowest BCUT2D eigenvalue weighted by Crippen LogP contribution is -2.54. The number of anilines is 1. The summed E-state index contributed by atoms with van der Waals surface area (Å²) in [7, 11) is 0. The van der Waals surface area contributed by atoms with Crippen LogP contribution >= 0.6 is 0 Å². The van der Waals surface area contributed by atoms with Crippen molar-refractivity contribution in [2.75, 3.05) is 44.3 Å². The summed E-state index contributed by atoms with van der Waals surface area (Å²) in [6.07, 6.45) is 1.91. The third-order valence-electron chi connectivity index (χ3n) is 8.43. The number of carbonyl (C=O) groups is 1. The molecule has 8 heteroatoms. The maximum absolute atomic E-state index is 13.8. The first-order valence-electron chi connectivity index (χ1n) is 15.5. The Hall–Kier alpha value is -3.12. The minimum atomic E-state index is -0.195. The summed E-state index contributed by atoms with van der Waals surface area (Å²) in [5.41, 5.74) is 5.64. The highest BCUT2D eigenvalue weighted by atomic mass is 16.5. The van der Waals surface area contributed by atoms with Crippen molar-refractivity contribution in [3.63, 3.8) is 0 Å². The van der Waals surface area contributed by atoms with Gasteiger partial charge in [0, 0.05) is 85.6 Å². The van der Waals surface area contributed by atoms with Gasteiger partial charge in [0.15, 0.2) is 0 Å². The van der Waals surface area contributed by atoms with Crippen LogP contribution in [0, 0.1) is 25.7 Å². The van der Waals surface area contributed by atoms with E-state index >= 15 is 0 Å². The van der Waals surface area contributed by atoms with Crippen molar-refractivity contribution in [3.8, 4) is 11.8 Å². The van der Waals surface area contributed by atoms with Crippen molar-refractivity contribution >= 4 is 11.6 Å². The molecule has 3 N–H and O–H groups in total. The molecule has 1 aromatic heterocycles. The van der Waals surface area contributed by atoms with E-state index in [2.05, 4.69) is 77.9 Å². The molecule has 0 bridgehead atoms. The van der Waals surface area contributed by atoms with E-state index in [0.717, 1.165) is 73.8 Å². The normalized spacial score (nSPS) is 19.8. The number of piperazine rings is 1. The SMILES string of the molecule is CCN(c1cc(C#CCN2C[C@@H](C)N[C@@H](C)C2)cc(C(=O)NCc2c(C(C)C)cc(C)[nH]c2=O)c1C)C1CCOCC1. The number of H-pyrrole nitrogens is 1. The monoisotopic (exact) mass is 575 g/mol. The number of hydrogen-bond donors (Lipinski definition) is 3. The van der Waals surface area contributed by atoms with Crippen molar-refractivity contribution in [3.05, 3.63) is 62.1 Å². The molecule has 0 radical (unpaired) electrons. The fourth-order valence-electron chi connectivity index (χ4n) is 6.45. The molecule has 4 rings (SSSR count). The highest BCUT2D eigenvalue weighted by Gasteiger charge is 2.25. The van der Waals surface area contributed by atoms with Crippen LogP contribution in [0.25, 0.3) is 0 Å². The van der Waals surface area contributed by atoms with Crippen LogP contribution in [0.1, 0.15) is 91.7 Å². The molecule has 1 aromatic carbocycles. The number of aryl methyl sites for hydroxylation is 1. The number of aromatic amines is 1. The Kier molecular flexibility index (Phi) is 10.9. The Labute approximate surface area is 251 Å². The van der Waals surface area contributed by atoms with Gasteiger partial charge in [-0.3, -0.25) is 14.5 Å². The zero-order chi connectivity index (χ0) is 30.4. The van der Waals surface area contributed by atoms with Gasteiger partial charge in [-0.1, -0.05) is 25.7 Å². The average molecular weight is 576 g/mol. The van der Waals surface area contributed by atoms with Crippen LogP contribution in [0.2, 0.25) is 0 Å². The summed E-state index contributed by atoms with van der Waals surface area (Å²) in [4.78, 5) is 34.3. The van der Waals surface area contributed by atoms with E-state index in [1.807, 2.05) is 26.0 Å². The molecule has 2 fully saturated rings. The van der Waals surface area contributed by atoms with Crippen LogP contribution in [0.15, 0.2) is 23.0 Å². The largest absolute Gasteiger partial charge is 0.381 e. The molecular weight excluding hydrogens is 526 g/mol. The number of amides is 1. The molecule has 2 aliphatic rings. The maximum atomic E-state index is 13.8. The quantitative estimate of drug-likeness (QED) is 0.411. The molecular formula is C34H49N5O3. The van der Waals surface area contributed by atoms with Crippen molar-refractivity contribution in [2.24, 2.45) is 0 Å². The molecule has 2 saturated heterocycles. The molecule has 0 saturated carbocycles. The molecule has 228 valence electrons. The number of aromatic nitrogens is 1. The zero-order valence-electron chi connectivity index (χ0n) is 26.5. The summed E-state index contributed by atoms with van der Waals surface area (Å²) in [5, 5.41) is 6.63. The maximum Gasteiger partial charge on any atom is 0.253 e. The molecule has 8 nitrogen and oxygen atoms in total. The van der Waals surface area contributed by atoms with E-state index in [0.29, 0.717) is 35.8 Å². The van der Waals surface area contributed by atoms with Gasteiger partial charge in [0.05, 0.1) is 6.54 Å². The molecule has 0 aliphatic carbocycles. The summed E-state index contributed by atoms with van der Waals surface area (Å²) in [6, 6.07) is 7.27. The van der Waals surface area contributed by atoms with E-state index in [4.69, 9.17) is 4.74 Å². The standard InChI is InChI=1S/C34H49N5O3/c1-8-39(28-11-14-42-15-12-28)32-18-27(10-9-13-38-20-24(5)36-25(6)21-38)17-30(26(32)7)33(40)35-19-31-29(22(2)3)16-23(4)37-34(31)41/h16-18,22,24-25,28,36H,8,11-15,19-21H2,1-7H3,(H,35,40)(H,37,41)/t24-,25+. The number of pyridine rings is 1. The second-order valence-corrected chi connectivity index (χ2v) is 12.3. The smallest absolute Gasteiger partial charge is 0.253 e. The fourth-order valence-corrected chi connectivity index (χ4v) is 6.45. The van der Waals surface area contributed by atoms with E-state index in [1.165, 1.54) is 0 Å². The van der Waals surface area contributed by atoms with Gasteiger partial charge in [0.1, 0.15) is 0 Å². The van der Waals surface area contributed by atoms with E-state index in [-0.39, 0.29) is 23.9 Å². The van der Waals surface area contributed by atoms with Gasteiger partial charge < -0.3 is 25.3 Å². The van der Waals surface area contributed by atoms with Crippen LogP contribution in [0.3, 0.4) is 0 Å². The Balaban J connectivity index is 1.65. The van der Waals surface area contributed by atoms with Gasteiger partial charge in [0.25, 0.3) is 11.5 Å². The van der Waals surface area contributed by atoms with Crippen LogP contribution in [-0.4, -0.2) is 73.3 Å². The first-order valence-corrected chi connectivity index (χ1v) is 15.5.